The summed E-state index contributed by atoms with van der Waals surface area (Å²) in [5, 5.41) is 4.03. The monoisotopic (exact) mass is 437 g/mol. The van der Waals surface area contributed by atoms with Gasteiger partial charge in [-0.15, -0.1) is 0 Å². The molecule has 0 aliphatic carbocycles. The van der Waals surface area contributed by atoms with E-state index in [0.717, 1.165) is 30.7 Å². The third kappa shape index (κ3) is 5.85. The summed E-state index contributed by atoms with van der Waals surface area (Å²) in [6, 6.07) is 16.8. The molecule has 0 spiro atoms. The van der Waals surface area contributed by atoms with Crippen LogP contribution in [0.15, 0.2) is 59.1 Å². The molecule has 1 fully saturated rings. The van der Waals surface area contributed by atoms with E-state index in [-0.39, 0.29) is 18.6 Å². The molecular formula is C24H27N3O5. The maximum atomic E-state index is 12.6. The number of ether oxygens (including phenoxy) is 3. The Balaban J connectivity index is 1.20. The SMILES string of the molecule is COc1ccc(OCC(=O)N2CCCC(OCCc3noc(-c4ccccc4)n3)C2)cc1. The molecule has 168 valence electrons. The van der Waals surface area contributed by atoms with Crippen molar-refractivity contribution in [2.45, 2.75) is 25.4 Å². The van der Waals surface area contributed by atoms with Crippen molar-refractivity contribution in [2.75, 3.05) is 33.4 Å². The average molecular weight is 437 g/mol. The second kappa shape index (κ2) is 10.8. The Morgan fingerprint density at radius 3 is 2.69 bits per heavy atom. The van der Waals surface area contributed by atoms with E-state index in [1.54, 1.807) is 36.3 Å². The van der Waals surface area contributed by atoms with Gasteiger partial charge in [0.1, 0.15) is 11.5 Å². The molecule has 1 unspecified atom stereocenters. The number of hydrogen-bond acceptors (Lipinski definition) is 7. The van der Waals surface area contributed by atoms with Crippen LogP contribution in [0.25, 0.3) is 11.5 Å². The molecule has 4 rings (SSSR count). The normalized spacial score (nSPS) is 16.0. The smallest absolute Gasteiger partial charge is 0.260 e. The molecule has 0 saturated carbocycles. The molecule has 1 saturated heterocycles. The molecular weight excluding hydrogens is 410 g/mol. The third-order valence-corrected chi connectivity index (χ3v) is 5.32. The quantitative estimate of drug-likeness (QED) is 0.507. The van der Waals surface area contributed by atoms with Gasteiger partial charge in [-0.1, -0.05) is 23.4 Å². The lowest BCUT2D eigenvalue weighted by molar-refractivity contribution is -0.137. The maximum absolute atomic E-state index is 12.6. The van der Waals surface area contributed by atoms with Crippen LogP contribution in [0.2, 0.25) is 0 Å². The van der Waals surface area contributed by atoms with E-state index < -0.39 is 0 Å². The van der Waals surface area contributed by atoms with Crippen molar-refractivity contribution < 1.29 is 23.5 Å². The number of nitrogens with zero attached hydrogens (tertiary/aromatic N) is 3. The average Bonchev–Trinajstić information content (AvgIpc) is 3.32. The molecule has 1 atom stereocenters. The molecule has 0 radical (unpaired) electrons. The lowest BCUT2D eigenvalue weighted by Gasteiger charge is -2.32. The highest BCUT2D eigenvalue weighted by Crippen LogP contribution is 2.19. The summed E-state index contributed by atoms with van der Waals surface area (Å²) < 4.78 is 22.1. The summed E-state index contributed by atoms with van der Waals surface area (Å²) in [6.45, 7) is 1.76. The van der Waals surface area contributed by atoms with Gasteiger partial charge in [0.05, 0.1) is 19.8 Å². The van der Waals surface area contributed by atoms with E-state index in [1.807, 2.05) is 30.3 Å². The van der Waals surface area contributed by atoms with E-state index in [1.165, 1.54) is 0 Å². The van der Waals surface area contributed by atoms with Crippen LogP contribution in [0.5, 0.6) is 11.5 Å². The lowest BCUT2D eigenvalue weighted by Crippen LogP contribution is -2.45. The van der Waals surface area contributed by atoms with Crippen LogP contribution in [0.4, 0.5) is 0 Å². The molecule has 32 heavy (non-hydrogen) atoms. The van der Waals surface area contributed by atoms with E-state index in [4.69, 9.17) is 18.7 Å². The number of methoxy groups -OCH3 is 1. The van der Waals surface area contributed by atoms with Gasteiger partial charge in [-0.3, -0.25) is 4.79 Å². The third-order valence-electron chi connectivity index (χ3n) is 5.32. The van der Waals surface area contributed by atoms with E-state index in [9.17, 15) is 4.79 Å². The molecule has 8 nitrogen and oxygen atoms in total. The molecule has 8 heteroatoms. The Hall–Kier alpha value is -3.39. The van der Waals surface area contributed by atoms with Crippen molar-refractivity contribution in [2.24, 2.45) is 0 Å². The van der Waals surface area contributed by atoms with Gasteiger partial charge in [0.25, 0.3) is 11.8 Å². The first-order chi connectivity index (χ1) is 15.7. The van der Waals surface area contributed by atoms with Gasteiger partial charge < -0.3 is 23.6 Å². The summed E-state index contributed by atoms with van der Waals surface area (Å²) in [5.74, 6) is 2.46. The minimum absolute atomic E-state index is 0.00414. The summed E-state index contributed by atoms with van der Waals surface area (Å²) in [5.41, 5.74) is 0.894. The zero-order chi connectivity index (χ0) is 22.2. The Labute approximate surface area is 187 Å². The number of aromatic nitrogens is 2. The number of rotatable bonds is 9. The summed E-state index contributed by atoms with van der Waals surface area (Å²) in [7, 11) is 1.61. The molecule has 0 N–H and O–H groups in total. The Morgan fingerprint density at radius 2 is 1.91 bits per heavy atom. The lowest BCUT2D eigenvalue weighted by atomic mass is 10.1. The summed E-state index contributed by atoms with van der Waals surface area (Å²) in [4.78, 5) is 18.8. The molecule has 2 heterocycles. The first-order valence-electron chi connectivity index (χ1n) is 10.8. The topological polar surface area (TPSA) is 86.9 Å². The second-order valence-corrected chi connectivity index (χ2v) is 7.57. The minimum atomic E-state index is -0.0419. The van der Waals surface area contributed by atoms with Crippen LogP contribution in [0, 0.1) is 0 Å². The van der Waals surface area contributed by atoms with Crippen molar-refractivity contribution >= 4 is 5.91 Å². The van der Waals surface area contributed by atoms with Crippen LogP contribution in [-0.2, 0) is 16.0 Å². The van der Waals surface area contributed by atoms with Crippen molar-refractivity contribution in [1.82, 2.24) is 15.0 Å². The zero-order valence-electron chi connectivity index (χ0n) is 18.1. The van der Waals surface area contributed by atoms with Gasteiger partial charge in [-0.25, -0.2) is 0 Å². The van der Waals surface area contributed by atoms with Gasteiger partial charge in [-0.05, 0) is 49.2 Å². The Bertz CT molecular complexity index is 990. The Kier molecular flexibility index (Phi) is 7.34. The van der Waals surface area contributed by atoms with Crippen molar-refractivity contribution in [3.05, 3.63) is 60.4 Å². The summed E-state index contributed by atoms with van der Waals surface area (Å²) >= 11 is 0. The van der Waals surface area contributed by atoms with Crippen LogP contribution in [0.1, 0.15) is 18.7 Å². The second-order valence-electron chi connectivity index (χ2n) is 7.57. The van der Waals surface area contributed by atoms with Gasteiger partial charge in [-0.2, -0.15) is 4.98 Å². The van der Waals surface area contributed by atoms with Crippen molar-refractivity contribution in [3.63, 3.8) is 0 Å². The van der Waals surface area contributed by atoms with Crippen molar-refractivity contribution in [1.29, 1.82) is 0 Å². The van der Waals surface area contributed by atoms with Crippen LogP contribution in [0.3, 0.4) is 0 Å². The molecule has 1 aromatic heterocycles. The van der Waals surface area contributed by atoms with Gasteiger partial charge in [0.15, 0.2) is 12.4 Å². The maximum Gasteiger partial charge on any atom is 0.260 e. The fourth-order valence-corrected chi connectivity index (χ4v) is 3.58. The predicted octanol–water partition coefficient (Wildman–Crippen LogP) is 3.37. The molecule has 0 bridgehead atoms. The highest BCUT2D eigenvalue weighted by Gasteiger charge is 2.24. The standard InChI is InChI=1S/C24H27N3O5/c1-29-19-9-11-20(12-10-19)31-17-23(28)27-14-5-8-21(16-27)30-15-13-22-25-24(32-26-22)18-6-3-2-4-7-18/h2-4,6-7,9-12,21H,5,8,13-17H2,1H3. The number of likely N-dealkylation sites (tertiary alicyclic amines) is 1. The molecule has 1 amide bonds. The van der Waals surface area contributed by atoms with E-state index in [2.05, 4.69) is 10.1 Å². The van der Waals surface area contributed by atoms with Gasteiger partial charge in [0, 0.05) is 25.1 Å². The molecule has 3 aromatic rings. The number of amides is 1. The number of piperidine rings is 1. The zero-order valence-corrected chi connectivity index (χ0v) is 18.1. The fraction of sp³-hybridized carbons (Fsp3) is 0.375. The van der Waals surface area contributed by atoms with E-state index in [0.29, 0.717) is 37.0 Å². The predicted molar refractivity (Wildman–Crippen MR) is 117 cm³/mol. The highest BCUT2D eigenvalue weighted by molar-refractivity contribution is 5.77. The molecule has 1 aliphatic rings. The van der Waals surface area contributed by atoms with Crippen LogP contribution in [-0.4, -0.2) is 60.5 Å². The summed E-state index contributed by atoms with van der Waals surface area (Å²) in [6.07, 6.45) is 2.37. The van der Waals surface area contributed by atoms with Crippen LogP contribution < -0.4 is 9.47 Å². The largest absolute Gasteiger partial charge is 0.497 e. The highest BCUT2D eigenvalue weighted by atomic mass is 16.5. The van der Waals surface area contributed by atoms with Gasteiger partial charge in [0.2, 0.25) is 0 Å². The number of hydrogen-bond donors (Lipinski definition) is 0. The number of benzene rings is 2. The molecule has 2 aromatic carbocycles. The fourth-order valence-electron chi connectivity index (χ4n) is 3.58. The number of carbonyl (C=O) groups excluding carboxylic acids is 1. The first-order valence-corrected chi connectivity index (χ1v) is 10.8. The first kappa shape index (κ1) is 21.8. The Morgan fingerprint density at radius 1 is 1.12 bits per heavy atom. The number of carbonyl (C=O) groups is 1. The van der Waals surface area contributed by atoms with Crippen LogP contribution >= 0.6 is 0 Å². The minimum Gasteiger partial charge on any atom is -0.497 e. The van der Waals surface area contributed by atoms with Crippen molar-refractivity contribution in [3.8, 4) is 23.0 Å². The van der Waals surface area contributed by atoms with Gasteiger partial charge >= 0.3 is 0 Å². The van der Waals surface area contributed by atoms with E-state index >= 15 is 0 Å². The molecule has 1 aliphatic heterocycles.